The molecule has 0 aliphatic carbocycles. The van der Waals surface area contributed by atoms with Gasteiger partial charge in [-0.2, -0.15) is 0 Å². The first kappa shape index (κ1) is 13.6. The van der Waals surface area contributed by atoms with Crippen LogP contribution in [0.25, 0.3) is 10.8 Å². The van der Waals surface area contributed by atoms with Gasteiger partial charge in [-0.05, 0) is 35.4 Å². The van der Waals surface area contributed by atoms with Crippen molar-refractivity contribution in [2.24, 2.45) is 5.92 Å². The molecule has 0 N–H and O–H groups in total. The molecule has 2 heterocycles. The average molecular weight is 303 g/mol. The van der Waals surface area contributed by atoms with Crippen molar-refractivity contribution in [2.45, 2.75) is 6.42 Å². The molecule has 0 fully saturated rings. The van der Waals surface area contributed by atoms with Crippen LogP contribution >= 0.6 is 0 Å². The lowest BCUT2D eigenvalue weighted by molar-refractivity contribution is -0.138. The Hall–Kier alpha value is -3.01. The minimum absolute atomic E-state index is 0.226. The van der Waals surface area contributed by atoms with Crippen LogP contribution in [0.3, 0.4) is 0 Å². The number of pyridine rings is 1. The standard InChI is InChI=1S/C19H13NO3/c21-18(13-7-9-20-10-8-13)16-11-15-14-4-2-1-3-12(14)5-6-17(15)23-19(16)22/h1-10,16H,11H2. The number of aromatic nitrogens is 1. The maximum atomic E-state index is 12.6. The second-order valence-corrected chi connectivity index (χ2v) is 5.54. The van der Waals surface area contributed by atoms with Gasteiger partial charge in [0, 0.05) is 23.5 Å². The SMILES string of the molecule is O=C1Oc2ccc3ccccc3c2CC1C(=O)c1ccncc1. The smallest absolute Gasteiger partial charge is 0.322 e. The fraction of sp³-hybridized carbons (Fsp3) is 0.105. The molecule has 4 heteroatoms. The van der Waals surface area contributed by atoms with Crippen LogP contribution in [0.1, 0.15) is 15.9 Å². The Labute approximate surface area is 132 Å². The quantitative estimate of drug-likeness (QED) is 0.316. The summed E-state index contributed by atoms with van der Waals surface area (Å²) in [6.45, 7) is 0. The van der Waals surface area contributed by atoms with Crippen LogP contribution in [0.15, 0.2) is 60.9 Å². The third-order valence-electron chi connectivity index (χ3n) is 4.18. The molecular formula is C19H13NO3. The van der Waals surface area contributed by atoms with Gasteiger partial charge < -0.3 is 4.74 Å². The van der Waals surface area contributed by atoms with Crippen molar-refractivity contribution in [1.82, 2.24) is 4.98 Å². The van der Waals surface area contributed by atoms with Crippen molar-refractivity contribution in [2.75, 3.05) is 0 Å². The first-order valence-corrected chi connectivity index (χ1v) is 7.40. The van der Waals surface area contributed by atoms with Crippen molar-refractivity contribution in [3.05, 3.63) is 72.1 Å². The molecule has 0 bridgehead atoms. The number of ketones is 1. The van der Waals surface area contributed by atoms with E-state index in [9.17, 15) is 9.59 Å². The van der Waals surface area contributed by atoms with Crippen LogP contribution in [0.2, 0.25) is 0 Å². The zero-order chi connectivity index (χ0) is 15.8. The molecule has 1 atom stereocenters. The van der Waals surface area contributed by atoms with E-state index < -0.39 is 11.9 Å². The topological polar surface area (TPSA) is 56.3 Å². The molecule has 1 aromatic heterocycles. The molecule has 4 rings (SSSR count). The molecule has 3 aromatic rings. The minimum Gasteiger partial charge on any atom is -0.426 e. The van der Waals surface area contributed by atoms with Gasteiger partial charge in [-0.25, -0.2) is 0 Å². The molecule has 112 valence electrons. The summed E-state index contributed by atoms with van der Waals surface area (Å²) in [5, 5.41) is 2.09. The number of ether oxygens (including phenoxy) is 1. The molecule has 0 spiro atoms. The number of rotatable bonds is 2. The van der Waals surface area contributed by atoms with E-state index in [0.717, 1.165) is 16.3 Å². The summed E-state index contributed by atoms with van der Waals surface area (Å²) in [6.07, 6.45) is 3.45. The van der Waals surface area contributed by atoms with Crippen LogP contribution in [0.4, 0.5) is 0 Å². The highest BCUT2D eigenvalue weighted by Gasteiger charge is 2.35. The molecule has 1 aliphatic heterocycles. The van der Waals surface area contributed by atoms with Gasteiger partial charge in [0.1, 0.15) is 11.7 Å². The zero-order valence-corrected chi connectivity index (χ0v) is 12.2. The molecule has 23 heavy (non-hydrogen) atoms. The maximum Gasteiger partial charge on any atom is 0.322 e. The summed E-state index contributed by atoms with van der Waals surface area (Å²) in [7, 11) is 0. The van der Waals surface area contributed by atoms with Gasteiger partial charge in [-0.3, -0.25) is 14.6 Å². The summed E-state index contributed by atoms with van der Waals surface area (Å²) < 4.78 is 5.42. The van der Waals surface area contributed by atoms with Crippen molar-refractivity contribution in [3.63, 3.8) is 0 Å². The number of fused-ring (bicyclic) bond motifs is 3. The molecule has 0 saturated heterocycles. The minimum atomic E-state index is -0.810. The highest BCUT2D eigenvalue weighted by Crippen LogP contribution is 2.35. The van der Waals surface area contributed by atoms with Gasteiger partial charge in [0.2, 0.25) is 0 Å². The van der Waals surface area contributed by atoms with Gasteiger partial charge >= 0.3 is 5.97 Å². The van der Waals surface area contributed by atoms with Crippen LogP contribution in [-0.2, 0) is 11.2 Å². The van der Waals surface area contributed by atoms with Crippen molar-refractivity contribution < 1.29 is 14.3 Å². The molecule has 1 unspecified atom stereocenters. The Morgan fingerprint density at radius 2 is 1.83 bits per heavy atom. The zero-order valence-electron chi connectivity index (χ0n) is 12.2. The Morgan fingerprint density at radius 3 is 2.65 bits per heavy atom. The summed E-state index contributed by atoms with van der Waals surface area (Å²) in [4.78, 5) is 28.8. The van der Waals surface area contributed by atoms with Crippen LogP contribution in [0, 0.1) is 5.92 Å². The Balaban J connectivity index is 1.78. The van der Waals surface area contributed by atoms with E-state index in [0.29, 0.717) is 17.7 Å². The Bertz CT molecular complexity index is 918. The van der Waals surface area contributed by atoms with E-state index in [4.69, 9.17) is 4.74 Å². The highest BCUT2D eigenvalue weighted by atomic mass is 16.5. The second kappa shape index (κ2) is 5.32. The van der Waals surface area contributed by atoms with E-state index in [2.05, 4.69) is 4.98 Å². The number of carbonyl (C=O) groups is 2. The lowest BCUT2D eigenvalue weighted by Gasteiger charge is -2.23. The largest absolute Gasteiger partial charge is 0.426 e. The number of hydrogen-bond donors (Lipinski definition) is 0. The molecule has 4 nitrogen and oxygen atoms in total. The van der Waals surface area contributed by atoms with E-state index in [1.807, 2.05) is 30.3 Å². The summed E-state index contributed by atoms with van der Waals surface area (Å²) in [5.74, 6) is -0.978. The highest BCUT2D eigenvalue weighted by molar-refractivity contribution is 6.10. The molecular weight excluding hydrogens is 290 g/mol. The summed E-state index contributed by atoms with van der Waals surface area (Å²) >= 11 is 0. The van der Waals surface area contributed by atoms with Crippen LogP contribution < -0.4 is 4.74 Å². The Kier molecular flexibility index (Phi) is 3.15. The third kappa shape index (κ3) is 2.28. The molecule has 1 aliphatic rings. The maximum absolute atomic E-state index is 12.6. The van der Waals surface area contributed by atoms with Crippen molar-refractivity contribution in [3.8, 4) is 5.75 Å². The fourth-order valence-corrected chi connectivity index (χ4v) is 3.01. The molecule has 0 radical (unpaired) electrons. The van der Waals surface area contributed by atoms with Gasteiger partial charge in [0.05, 0.1) is 0 Å². The second-order valence-electron chi connectivity index (χ2n) is 5.54. The third-order valence-corrected chi connectivity index (χ3v) is 4.18. The molecule has 0 amide bonds. The van der Waals surface area contributed by atoms with E-state index in [1.54, 1.807) is 30.6 Å². The van der Waals surface area contributed by atoms with Crippen LogP contribution in [-0.4, -0.2) is 16.7 Å². The number of nitrogens with zero attached hydrogens (tertiary/aromatic N) is 1. The molecule has 2 aromatic carbocycles. The van der Waals surface area contributed by atoms with Gasteiger partial charge in [-0.1, -0.05) is 30.3 Å². The van der Waals surface area contributed by atoms with Crippen molar-refractivity contribution in [1.29, 1.82) is 0 Å². The first-order chi connectivity index (χ1) is 11.2. The number of esters is 1. The number of Topliss-reactive ketones (excluding diaryl/α,β-unsaturated/α-hetero) is 1. The van der Waals surface area contributed by atoms with Gasteiger partial charge in [-0.15, -0.1) is 0 Å². The Morgan fingerprint density at radius 1 is 1.04 bits per heavy atom. The van der Waals surface area contributed by atoms with E-state index in [-0.39, 0.29) is 5.78 Å². The fourth-order valence-electron chi connectivity index (χ4n) is 3.01. The van der Waals surface area contributed by atoms with Crippen LogP contribution in [0.5, 0.6) is 5.75 Å². The van der Waals surface area contributed by atoms with Crippen molar-refractivity contribution >= 4 is 22.5 Å². The summed E-state index contributed by atoms with van der Waals surface area (Å²) in [6, 6.07) is 14.9. The molecule has 0 saturated carbocycles. The normalized spacial score (nSPS) is 16.7. The lowest BCUT2D eigenvalue weighted by atomic mass is 9.87. The number of carbonyl (C=O) groups excluding carboxylic acids is 2. The van der Waals surface area contributed by atoms with E-state index in [1.165, 1.54) is 0 Å². The monoisotopic (exact) mass is 303 g/mol. The predicted molar refractivity (Wildman–Crippen MR) is 85.3 cm³/mol. The summed E-state index contributed by atoms with van der Waals surface area (Å²) in [5.41, 5.74) is 1.39. The van der Waals surface area contributed by atoms with Gasteiger partial charge in [0.25, 0.3) is 0 Å². The average Bonchev–Trinajstić information content (AvgIpc) is 2.61. The van der Waals surface area contributed by atoms with Gasteiger partial charge in [0.15, 0.2) is 5.78 Å². The predicted octanol–water partition coefficient (Wildman–Crippen LogP) is 3.20. The van der Waals surface area contributed by atoms with E-state index >= 15 is 0 Å². The number of benzene rings is 2. The lowest BCUT2D eigenvalue weighted by Crippen LogP contribution is -2.34. The number of hydrogen-bond acceptors (Lipinski definition) is 4. The first-order valence-electron chi connectivity index (χ1n) is 7.40.